The number of thiophene rings is 1. The summed E-state index contributed by atoms with van der Waals surface area (Å²) >= 11 is 3.69. The summed E-state index contributed by atoms with van der Waals surface area (Å²) in [5.41, 5.74) is 1.34. The Hall–Kier alpha value is -0.0300. The van der Waals surface area contributed by atoms with Crippen molar-refractivity contribution in [2.75, 3.05) is 31.6 Å². The van der Waals surface area contributed by atoms with Crippen molar-refractivity contribution in [1.82, 2.24) is 4.90 Å². The molecule has 0 radical (unpaired) electrons. The maximum Gasteiger partial charge on any atom is 0.0964 e. The molecule has 2 heterocycles. The van der Waals surface area contributed by atoms with Crippen molar-refractivity contribution in [3.63, 3.8) is 0 Å². The van der Waals surface area contributed by atoms with E-state index in [9.17, 15) is 0 Å². The Morgan fingerprint density at radius 1 is 1.53 bits per heavy atom. The number of hydrogen-bond donors (Lipinski definition) is 0. The van der Waals surface area contributed by atoms with Crippen LogP contribution in [0.2, 0.25) is 0 Å². The molecule has 0 bridgehead atoms. The number of nitrogens with zero attached hydrogens (tertiary/aromatic N) is 1. The molecule has 1 fully saturated rings. The molecule has 0 N–H and O–H groups in total. The number of hydrogen-bond acceptors (Lipinski definition) is 4. The van der Waals surface area contributed by atoms with Crippen molar-refractivity contribution in [3.05, 3.63) is 22.4 Å². The minimum absolute atomic E-state index is 0.277. The molecular weight excluding hydrogens is 250 g/mol. The molecule has 0 aromatic carbocycles. The molecular formula is C13H21NOS2. The molecule has 2 nitrogen and oxygen atoms in total. The lowest BCUT2D eigenvalue weighted by Gasteiger charge is -2.36. The summed E-state index contributed by atoms with van der Waals surface area (Å²) in [6.45, 7) is 5.51. The minimum atomic E-state index is 0.277. The van der Waals surface area contributed by atoms with Crippen LogP contribution in [0, 0.1) is 0 Å². The monoisotopic (exact) mass is 271 g/mol. The maximum absolute atomic E-state index is 6.03. The van der Waals surface area contributed by atoms with E-state index in [0.717, 1.165) is 13.1 Å². The van der Waals surface area contributed by atoms with Gasteiger partial charge in [-0.05, 0) is 54.3 Å². The number of rotatable bonds is 5. The fraction of sp³-hybridized carbons (Fsp3) is 0.692. The average Bonchev–Trinajstić information content (AvgIpc) is 2.82. The lowest BCUT2D eigenvalue weighted by molar-refractivity contribution is -0.0785. The van der Waals surface area contributed by atoms with Crippen LogP contribution in [-0.4, -0.2) is 42.6 Å². The van der Waals surface area contributed by atoms with Crippen LogP contribution in [0.15, 0.2) is 16.8 Å². The Morgan fingerprint density at radius 3 is 3.12 bits per heavy atom. The largest absolute Gasteiger partial charge is 0.368 e. The van der Waals surface area contributed by atoms with Crippen molar-refractivity contribution in [1.29, 1.82) is 0 Å². The lowest BCUT2D eigenvalue weighted by Crippen LogP contribution is -2.43. The van der Waals surface area contributed by atoms with Crippen molar-refractivity contribution < 1.29 is 4.74 Å². The van der Waals surface area contributed by atoms with Gasteiger partial charge in [-0.1, -0.05) is 0 Å². The van der Waals surface area contributed by atoms with E-state index in [4.69, 9.17) is 4.74 Å². The van der Waals surface area contributed by atoms with Crippen molar-refractivity contribution >= 4 is 23.1 Å². The average molecular weight is 271 g/mol. The quantitative estimate of drug-likeness (QED) is 0.763. The van der Waals surface area contributed by atoms with Crippen LogP contribution in [0.1, 0.15) is 25.0 Å². The normalized spacial score (nSPS) is 26.2. The van der Waals surface area contributed by atoms with Gasteiger partial charge < -0.3 is 4.74 Å². The molecule has 1 aromatic rings. The van der Waals surface area contributed by atoms with E-state index in [1.54, 1.807) is 11.3 Å². The lowest BCUT2D eigenvalue weighted by atomic mass is 10.1. The first-order valence-electron chi connectivity index (χ1n) is 6.18. The van der Waals surface area contributed by atoms with Gasteiger partial charge in [-0.15, -0.1) is 0 Å². The first-order chi connectivity index (χ1) is 8.29. The Kier molecular flexibility index (Phi) is 5.35. The van der Waals surface area contributed by atoms with E-state index in [2.05, 4.69) is 34.9 Å². The highest BCUT2D eigenvalue weighted by molar-refractivity contribution is 7.98. The Morgan fingerprint density at radius 2 is 2.41 bits per heavy atom. The zero-order chi connectivity index (χ0) is 12.1. The highest BCUT2D eigenvalue weighted by Gasteiger charge is 2.26. The van der Waals surface area contributed by atoms with Crippen LogP contribution in [0.5, 0.6) is 0 Å². The second kappa shape index (κ2) is 6.78. The topological polar surface area (TPSA) is 12.5 Å². The van der Waals surface area contributed by atoms with Crippen molar-refractivity contribution in [2.45, 2.75) is 25.6 Å². The highest BCUT2D eigenvalue weighted by Crippen LogP contribution is 2.26. The molecule has 0 spiro atoms. The molecule has 1 saturated heterocycles. The van der Waals surface area contributed by atoms with E-state index < -0.39 is 0 Å². The standard InChI is InChI=1S/C13H21NOS2/c1-11-8-14(5-3-6-16-2)9-13(15-11)12-4-7-17-10-12/h4,7,10-11,13H,3,5-6,8-9H2,1-2H3. The van der Waals surface area contributed by atoms with Gasteiger partial charge in [0.1, 0.15) is 0 Å². The molecule has 1 aliphatic rings. The Labute approximate surface area is 112 Å². The third kappa shape index (κ3) is 3.98. The molecule has 0 aliphatic carbocycles. The van der Waals surface area contributed by atoms with E-state index >= 15 is 0 Å². The maximum atomic E-state index is 6.03. The highest BCUT2D eigenvalue weighted by atomic mass is 32.2. The molecule has 0 saturated carbocycles. The van der Waals surface area contributed by atoms with Gasteiger partial charge in [0.15, 0.2) is 0 Å². The molecule has 4 heteroatoms. The summed E-state index contributed by atoms with van der Waals surface area (Å²) in [4.78, 5) is 2.55. The van der Waals surface area contributed by atoms with E-state index in [1.807, 2.05) is 11.8 Å². The predicted octanol–water partition coefficient (Wildman–Crippen LogP) is 3.26. The van der Waals surface area contributed by atoms with Crippen LogP contribution in [0.25, 0.3) is 0 Å². The summed E-state index contributed by atoms with van der Waals surface area (Å²) < 4.78 is 6.03. The third-order valence-electron chi connectivity index (χ3n) is 3.07. The van der Waals surface area contributed by atoms with Crippen LogP contribution in [-0.2, 0) is 4.74 Å². The molecule has 2 atom stereocenters. The van der Waals surface area contributed by atoms with Gasteiger partial charge in [0, 0.05) is 13.1 Å². The van der Waals surface area contributed by atoms with Crippen LogP contribution in [0.4, 0.5) is 0 Å². The van der Waals surface area contributed by atoms with E-state index in [-0.39, 0.29) is 6.10 Å². The van der Waals surface area contributed by atoms with Crippen molar-refractivity contribution in [2.24, 2.45) is 0 Å². The van der Waals surface area contributed by atoms with Gasteiger partial charge in [-0.2, -0.15) is 23.1 Å². The summed E-state index contributed by atoms with van der Waals surface area (Å²) in [7, 11) is 0. The Bertz CT molecular complexity index is 315. The first kappa shape index (κ1) is 13.4. The van der Waals surface area contributed by atoms with E-state index in [0.29, 0.717) is 6.10 Å². The van der Waals surface area contributed by atoms with E-state index in [1.165, 1.54) is 24.3 Å². The van der Waals surface area contributed by atoms with Gasteiger partial charge in [-0.25, -0.2) is 0 Å². The molecule has 1 aromatic heterocycles. The predicted molar refractivity (Wildman–Crippen MR) is 77.0 cm³/mol. The zero-order valence-electron chi connectivity index (χ0n) is 10.6. The van der Waals surface area contributed by atoms with Gasteiger partial charge in [0.05, 0.1) is 12.2 Å². The van der Waals surface area contributed by atoms with Crippen LogP contribution >= 0.6 is 23.1 Å². The second-order valence-electron chi connectivity index (χ2n) is 4.60. The SMILES string of the molecule is CSCCCN1CC(C)OC(c2ccsc2)C1. The summed E-state index contributed by atoms with van der Waals surface area (Å²) in [6.07, 6.45) is 4.09. The Balaban J connectivity index is 1.88. The van der Waals surface area contributed by atoms with Gasteiger partial charge in [-0.3, -0.25) is 4.90 Å². The molecule has 2 rings (SSSR count). The minimum Gasteiger partial charge on any atom is -0.368 e. The second-order valence-corrected chi connectivity index (χ2v) is 6.36. The fourth-order valence-electron chi connectivity index (χ4n) is 2.30. The van der Waals surface area contributed by atoms with Crippen LogP contribution in [0.3, 0.4) is 0 Å². The van der Waals surface area contributed by atoms with Crippen LogP contribution < -0.4 is 0 Å². The molecule has 2 unspecified atom stereocenters. The van der Waals surface area contributed by atoms with Gasteiger partial charge in [0.2, 0.25) is 0 Å². The van der Waals surface area contributed by atoms with Gasteiger partial charge in [0.25, 0.3) is 0 Å². The van der Waals surface area contributed by atoms with Crippen molar-refractivity contribution in [3.8, 4) is 0 Å². The summed E-state index contributed by atoms with van der Waals surface area (Å²) in [5.74, 6) is 1.26. The fourth-order valence-corrected chi connectivity index (χ4v) is 3.42. The van der Waals surface area contributed by atoms with Gasteiger partial charge >= 0.3 is 0 Å². The number of morpholine rings is 1. The molecule has 17 heavy (non-hydrogen) atoms. The molecule has 1 aliphatic heterocycles. The molecule has 96 valence electrons. The summed E-state index contributed by atoms with van der Waals surface area (Å²) in [6, 6.07) is 2.19. The molecule has 0 amide bonds. The number of thioether (sulfide) groups is 1. The summed E-state index contributed by atoms with van der Waals surface area (Å²) in [5, 5.41) is 4.35. The zero-order valence-corrected chi connectivity index (χ0v) is 12.2. The number of ether oxygens (including phenoxy) is 1. The third-order valence-corrected chi connectivity index (χ3v) is 4.47. The first-order valence-corrected chi connectivity index (χ1v) is 8.52. The smallest absolute Gasteiger partial charge is 0.0964 e.